The Morgan fingerprint density at radius 3 is 2.52 bits per heavy atom. The van der Waals surface area contributed by atoms with Gasteiger partial charge in [0.15, 0.2) is 0 Å². The highest BCUT2D eigenvalue weighted by Crippen LogP contribution is 2.49. The Balaban J connectivity index is 1.61. The fourth-order valence-electron chi connectivity index (χ4n) is 4.99. The van der Waals surface area contributed by atoms with Crippen molar-refractivity contribution in [1.29, 1.82) is 5.26 Å². The van der Waals surface area contributed by atoms with Crippen LogP contribution in [0.1, 0.15) is 23.6 Å². The third-order valence-electron chi connectivity index (χ3n) is 6.59. The minimum atomic E-state index is -4.09. The zero-order chi connectivity index (χ0) is 23.2. The number of nitrogens with zero attached hydrogens (tertiary/aromatic N) is 2. The van der Waals surface area contributed by atoms with E-state index in [9.17, 15) is 17.9 Å². The van der Waals surface area contributed by atoms with Crippen LogP contribution in [-0.4, -0.2) is 37.0 Å². The van der Waals surface area contributed by atoms with E-state index in [1.165, 1.54) is 22.5 Å². The quantitative estimate of drug-likeness (QED) is 0.612. The molecule has 0 unspecified atom stereocenters. The lowest BCUT2D eigenvalue weighted by Gasteiger charge is -2.39. The highest BCUT2D eigenvalue weighted by molar-refractivity contribution is 7.89. The Morgan fingerprint density at radius 2 is 1.82 bits per heavy atom. The van der Waals surface area contributed by atoms with Crippen molar-refractivity contribution in [1.82, 2.24) is 4.31 Å². The van der Waals surface area contributed by atoms with E-state index in [1.54, 1.807) is 12.1 Å². The van der Waals surface area contributed by atoms with Gasteiger partial charge in [-0.2, -0.15) is 9.57 Å². The second-order valence-corrected chi connectivity index (χ2v) is 10.2. The second-order valence-electron chi connectivity index (χ2n) is 8.37. The molecule has 0 aliphatic carbocycles. The molecule has 0 amide bonds. The molecule has 2 heterocycles. The van der Waals surface area contributed by atoms with Gasteiger partial charge in [0.2, 0.25) is 10.0 Å². The predicted molar refractivity (Wildman–Crippen MR) is 122 cm³/mol. The van der Waals surface area contributed by atoms with Crippen LogP contribution >= 0.6 is 0 Å². The smallest absolute Gasteiger partial charge is 0.246 e. The zero-order valence-electron chi connectivity index (χ0n) is 17.6. The molecule has 0 spiro atoms. The molecule has 0 aromatic heterocycles. The number of hydrogen-bond acceptors (Lipinski definition) is 5. The van der Waals surface area contributed by atoms with Gasteiger partial charge >= 0.3 is 0 Å². The molecule has 3 aromatic carbocycles. The fourth-order valence-corrected chi connectivity index (χ4v) is 6.72. The van der Waals surface area contributed by atoms with E-state index in [1.807, 2.05) is 30.3 Å². The molecule has 2 N–H and O–H groups in total. The fraction of sp³-hybridized carbons (Fsp3) is 0.240. The summed E-state index contributed by atoms with van der Waals surface area (Å²) < 4.78 is 42.9. The number of nitrogens with one attached hydrogen (secondary N) is 1. The van der Waals surface area contributed by atoms with Crippen LogP contribution in [0.5, 0.6) is 0 Å². The first-order valence-corrected chi connectivity index (χ1v) is 12.2. The Morgan fingerprint density at radius 1 is 1.09 bits per heavy atom. The normalized spacial score (nSPS) is 22.2. The van der Waals surface area contributed by atoms with Crippen LogP contribution in [0.4, 0.5) is 10.1 Å². The lowest BCUT2D eigenvalue weighted by atomic mass is 9.82. The van der Waals surface area contributed by atoms with Gasteiger partial charge in [0.25, 0.3) is 0 Å². The van der Waals surface area contributed by atoms with Crippen LogP contribution < -0.4 is 5.32 Å². The summed E-state index contributed by atoms with van der Waals surface area (Å²) in [5, 5.41) is 22.4. The van der Waals surface area contributed by atoms with E-state index in [-0.39, 0.29) is 30.0 Å². The summed E-state index contributed by atoms with van der Waals surface area (Å²) in [6.07, 6.45) is 0.553. The average molecular weight is 464 g/mol. The van der Waals surface area contributed by atoms with Crippen molar-refractivity contribution in [2.75, 3.05) is 18.5 Å². The maximum atomic E-state index is 14.5. The van der Waals surface area contributed by atoms with Crippen LogP contribution in [-0.2, 0) is 10.0 Å². The highest BCUT2D eigenvalue weighted by atomic mass is 32.2. The molecule has 6 nitrogen and oxygen atoms in total. The number of rotatable bonds is 4. The van der Waals surface area contributed by atoms with Crippen molar-refractivity contribution in [2.45, 2.75) is 23.4 Å². The van der Waals surface area contributed by atoms with Gasteiger partial charge in [-0.15, -0.1) is 0 Å². The second kappa shape index (κ2) is 8.27. The molecule has 2 aliphatic rings. The van der Waals surface area contributed by atoms with Crippen molar-refractivity contribution in [3.8, 4) is 17.2 Å². The molecule has 1 saturated heterocycles. The maximum absolute atomic E-state index is 14.5. The van der Waals surface area contributed by atoms with E-state index < -0.39 is 21.9 Å². The SMILES string of the molecule is N#Cc1ccc(-c2ccc3c(c2)[C@@H]2[C@@H](CCN2S(=O)(=O)c2ccccc2F)[C@@H](CO)N3)cc1. The summed E-state index contributed by atoms with van der Waals surface area (Å²) in [6.45, 7) is 0.107. The summed E-state index contributed by atoms with van der Waals surface area (Å²) in [5.41, 5.74) is 3.89. The minimum Gasteiger partial charge on any atom is -0.394 e. The molecule has 1 fully saturated rings. The highest BCUT2D eigenvalue weighted by Gasteiger charge is 2.49. The molecule has 8 heteroatoms. The van der Waals surface area contributed by atoms with Gasteiger partial charge in [0, 0.05) is 18.2 Å². The minimum absolute atomic E-state index is 0.133. The molecular weight excluding hydrogens is 441 g/mol. The Hall–Kier alpha value is -3.25. The summed E-state index contributed by atoms with van der Waals surface area (Å²) in [5.74, 6) is -0.930. The molecular formula is C25H22FN3O3S. The number of nitriles is 1. The molecule has 5 rings (SSSR count). The molecule has 33 heavy (non-hydrogen) atoms. The monoisotopic (exact) mass is 463 g/mol. The number of aliphatic hydroxyl groups is 1. The van der Waals surface area contributed by atoms with Gasteiger partial charge in [-0.1, -0.05) is 30.3 Å². The third-order valence-corrected chi connectivity index (χ3v) is 8.51. The first-order valence-electron chi connectivity index (χ1n) is 10.7. The van der Waals surface area contributed by atoms with Crippen LogP contribution in [0.2, 0.25) is 0 Å². The van der Waals surface area contributed by atoms with Gasteiger partial charge in [-0.3, -0.25) is 0 Å². The van der Waals surface area contributed by atoms with Crippen molar-refractivity contribution in [3.63, 3.8) is 0 Å². The van der Waals surface area contributed by atoms with E-state index in [4.69, 9.17) is 5.26 Å². The van der Waals surface area contributed by atoms with Gasteiger partial charge in [-0.05, 0) is 59.5 Å². The molecule has 0 saturated carbocycles. The van der Waals surface area contributed by atoms with Crippen LogP contribution in [0.25, 0.3) is 11.1 Å². The lowest BCUT2D eigenvalue weighted by Crippen LogP contribution is -2.43. The van der Waals surface area contributed by atoms with Gasteiger partial charge in [-0.25, -0.2) is 12.8 Å². The predicted octanol–water partition coefficient (Wildman–Crippen LogP) is 3.90. The molecule has 0 bridgehead atoms. The molecule has 3 aromatic rings. The van der Waals surface area contributed by atoms with E-state index in [2.05, 4.69) is 11.4 Å². The van der Waals surface area contributed by atoms with Crippen molar-refractivity contribution < 1.29 is 17.9 Å². The van der Waals surface area contributed by atoms with Crippen molar-refractivity contribution >= 4 is 15.7 Å². The van der Waals surface area contributed by atoms with Crippen LogP contribution in [0, 0.1) is 23.1 Å². The molecule has 2 aliphatic heterocycles. The zero-order valence-corrected chi connectivity index (χ0v) is 18.5. The number of fused-ring (bicyclic) bond motifs is 3. The number of benzene rings is 3. The Bertz CT molecular complexity index is 1350. The summed E-state index contributed by atoms with van der Waals surface area (Å²) in [7, 11) is -4.09. The largest absolute Gasteiger partial charge is 0.394 e. The van der Waals surface area contributed by atoms with E-state index in [0.29, 0.717) is 12.0 Å². The summed E-state index contributed by atoms with van der Waals surface area (Å²) in [6, 6.07) is 19.6. The molecule has 0 radical (unpaired) electrons. The van der Waals surface area contributed by atoms with E-state index >= 15 is 0 Å². The van der Waals surface area contributed by atoms with Crippen molar-refractivity contribution in [2.24, 2.45) is 5.92 Å². The van der Waals surface area contributed by atoms with Crippen LogP contribution in [0.3, 0.4) is 0 Å². The molecule has 168 valence electrons. The first kappa shape index (κ1) is 21.6. The Kier molecular flexibility index (Phi) is 5.41. The average Bonchev–Trinajstić information content (AvgIpc) is 3.30. The summed E-state index contributed by atoms with van der Waals surface area (Å²) >= 11 is 0. The lowest BCUT2D eigenvalue weighted by molar-refractivity contribution is 0.210. The van der Waals surface area contributed by atoms with Gasteiger partial charge < -0.3 is 10.4 Å². The van der Waals surface area contributed by atoms with Crippen LogP contribution in [0.15, 0.2) is 71.6 Å². The maximum Gasteiger partial charge on any atom is 0.246 e. The number of sulfonamides is 1. The third kappa shape index (κ3) is 3.59. The number of halogens is 1. The van der Waals surface area contributed by atoms with E-state index in [0.717, 1.165) is 28.4 Å². The number of hydrogen-bond donors (Lipinski definition) is 2. The first-order chi connectivity index (χ1) is 15.9. The van der Waals surface area contributed by atoms with Crippen molar-refractivity contribution in [3.05, 3.63) is 83.7 Å². The standard InChI is InChI=1S/C25H22FN3O3S/c26-21-3-1-2-4-24(21)33(31,32)29-12-11-19-23(15-30)28-22-10-9-18(13-20(22)25(19)29)17-7-5-16(14-27)6-8-17/h1-10,13,19,23,25,28,30H,11-12,15H2/t19-,23+,25-/m0/s1. The summed E-state index contributed by atoms with van der Waals surface area (Å²) in [4.78, 5) is -0.338. The Labute approximate surface area is 192 Å². The van der Waals surface area contributed by atoms with Gasteiger partial charge in [0.1, 0.15) is 10.7 Å². The number of anilines is 1. The topological polar surface area (TPSA) is 93.4 Å². The number of aliphatic hydroxyl groups excluding tert-OH is 1. The van der Waals surface area contributed by atoms with Gasteiger partial charge in [0.05, 0.1) is 30.3 Å². The molecule has 3 atom stereocenters.